The molecule has 2 heteroatoms. The summed E-state index contributed by atoms with van der Waals surface area (Å²) < 4.78 is 0. The van der Waals surface area contributed by atoms with Crippen LogP contribution >= 0.6 is 0 Å². The molecule has 0 aliphatic rings. The van der Waals surface area contributed by atoms with Crippen LogP contribution in [-0.4, -0.2) is 26.7 Å². The SMILES string of the molecule is C=C/C(C)=C(\C=C)CNCCNC. The molecule has 0 spiro atoms. The quantitative estimate of drug-likeness (QED) is 0.458. The summed E-state index contributed by atoms with van der Waals surface area (Å²) in [6.07, 6.45) is 3.74. The Hall–Kier alpha value is -0.860. The minimum absolute atomic E-state index is 0.864. The number of nitrogens with one attached hydrogen (secondary N) is 2. The molecule has 0 unspecified atom stereocenters. The van der Waals surface area contributed by atoms with E-state index in [9.17, 15) is 0 Å². The molecule has 0 aromatic carbocycles. The van der Waals surface area contributed by atoms with Gasteiger partial charge in [-0.1, -0.05) is 25.3 Å². The van der Waals surface area contributed by atoms with Crippen LogP contribution in [0, 0.1) is 0 Å². The van der Waals surface area contributed by atoms with Crippen molar-refractivity contribution in [1.29, 1.82) is 0 Å². The van der Waals surface area contributed by atoms with E-state index in [1.165, 1.54) is 11.1 Å². The number of hydrogen-bond donors (Lipinski definition) is 2. The fraction of sp³-hybridized carbons (Fsp3) is 0.455. The molecule has 0 radical (unpaired) electrons. The Morgan fingerprint density at radius 3 is 2.38 bits per heavy atom. The summed E-state index contributed by atoms with van der Waals surface area (Å²) in [5, 5.41) is 6.39. The highest BCUT2D eigenvalue weighted by Gasteiger charge is 1.94. The van der Waals surface area contributed by atoms with E-state index < -0.39 is 0 Å². The zero-order valence-corrected chi connectivity index (χ0v) is 8.69. The summed E-state index contributed by atoms with van der Waals surface area (Å²) in [6, 6.07) is 0. The summed E-state index contributed by atoms with van der Waals surface area (Å²) >= 11 is 0. The molecule has 0 saturated heterocycles. The average molecular weight is 180 g/mol. The van der Waals surface area contributed by atoms with Gasteiger partial charge in [0, 0.05) is 19.6 Å². The molecule has 74 valence electrons. The van der Waals surface area contributed by atoms with Crippen molar-refractivity contribution >= 4 is 0 Å². The average Bonchev–Trinajstić information content (AvgIpc) is 2.17. The monoisotopic (exact) mass is 180 g/mol. The molecular formula is C11H20N2. The molecule has 0 atom stereocenters. The van der Waals surface area contributed by atoms with Crippen LogP contribution in [0.2, 0.25) is 0 Å². The molecule has 0 bridgehead atoms. The van der Waals surface area contributed by atoms with Crippen molar-refractivity contribution in [2.24, 2.45) is 0 Å². The smallest absolute Gasteiger partial charge is 0.0208 e. The van der Waals surface area contributed by atoms with Gasteiger partial charge in [-0.3, -0.25) is 0 Å². The Labute approximate surface area is 81.4 Å². The third-order valence-electron chi connectivity index (χ3n) is 1.93. The second-order valence-corrected chi connectivity index (χ2v) is 2.90. The Balaban J connectivity index is 3.86. The molecule has 2 nitrogen and oxygen atoms in total. The van der Waals surface area contributed by atoms with Crippen LogP contribution < -0.4 is 10.6 Å². The summed E-state index contributed by atoms with van der Waals surface area (Å²) in [5.41, 5.74) is 2.40. The second kappa shape index (κ2) is 7.77. The zero-order valence-electron chi connectivity index (χ0n) is 8.69. The summed E-state index contributed by atoms with van der Waals surface area (Å²) in [4.78, 5) is 0. The van der Waals surface area contributed by atoms with Gasteiger partial charge in [-0.05, 0) is 25.1 Å². The Morgan fingerprint density at radius 2 is 1.92 bits per heavy atom. The lowest BCUT2D eigenvalue weighted by atomic mass is 10.1. The fourth-order valence-corrected chi connectivity index (χ4v) is 0.940. The van der Waals surface area contributed by atoms with Crippen LogP contribution in [0.5, 0.6) is 0 Å². The van der Waals surface area contributed by atoms with Crippen molar-refractivity contribution in [3.8, 4) is 0 Å². The van der Waals surface area contributed by atoms with Crippen LogP contribution in [0.3, 0.4) is 0 Å². The highest BCUT2D eigenvalue weighted by Crippen LogP contribution is 2.04. The van der Waals surface area contributed by atoms with Gasteiger partial charge in [0.05, 0.1) is 0 Å². The number of hydrogen-bond acceptors (Lipinski definition) is 2. The molecule has 0 aromatic rings. The number of allylic oxidation sites excluding steroid dienone is 2. The number of rotatable bonds is 7. The van der Waals surface area contributed by atoms with Gasteiger partial charge in [-0.2, -0.15) is 0 Å². The van der Waals surface area contributed by atoms with Gasteiger partial charge in [0.1, 0.15) is 0 Å². The molecule has 0 amide bonds. The molecular weight excluding hydrogens is 160 g/mol. The van der Waals surface area contributed by atoms with Gasteiger partial charge < -0.3 is 10.6 Å². The summed E-state index contributed by atoms with van der Waals surface area (Å²) in [6.45, 7) is 12.4. The topological polar surface area (TPSA) is 24.1 Å². The van der Waals surface area contributed by atoms with Crippen LogP contribution in [0.1, 0.15) is 6.92 Å². The maximum atomic E-state index is 3.77. The molecule has 13 heavy (non-hydrogen) atoms. The molecule has 0 rings (SSSR count). The minimum atomic E-state index is 0.864. The van der Waals surface area contributed by atoms with Gasteiger partial charge in [-0.15, -0.1) is 0 Å². The van der Waals surface area contributed by atoms with Gasteiger partial charge in [0.2, 0.25) is 0 Å². The molecule has 0 saturated carbocycles. The molecule has 0 heterocycles. The normalized spacial score (nSPS) is 12.2. The maximum Gasteiger partial charge on any atom is 0.0208 e. The third-order valence-corrected chi connectivity index (χ3v) is 1.93. The Kier molecular flexibility index (Phi) is 7.26. The highest BCUT2D eigenvalue weighted by atomic mass is 14.9. The first-order valence-corrected chi connectivity index (χ1v) is 4.56. The van der Waals surface area contributed by atoms with E-state index in [2.05, 4.69) is 23.8 Å². The van der Waals surface area contributed by atoms with Gasteiger partial charge in [-0.25, -0.2) is 0 Å². The molecule has 2 N–H and O–H groups in total. The molecule has 0 fully saturated rings. The van der Waals surface area contributed by atoms with Crippen molar-refractivity contribution < 1.29 is 0 Å². The van der Waals surface area contributed by atoms with E-state index in [4.69, 9.17) is 0 Å². The Bertz CT molecular complexity index is 192. The lowest BCUT2D eigenvalue weighted by molar-refractivity contribution is 0.682. The highest BCUT2D eigenvalue weighted by molar-refractivity contribution is 5.30. The van der Waals surface area contributed by atoms with Crippen LogP contribution in [-0.2, 0) is 0 Å². The first-order valence-electron chi connectivity index (χ1n) is 4.56. The van der Waals surface area contributed by atoms with E-state index in [0.717, 1.165) is 19.6 Å². The van der Waals surface area contributed by atoms with Crippen molar-refractivity contribution in [1.82, 2.24) is 10.6 Å². The van der Waals surface area contributed by atoms with E-state index in [1.54, 1.807) is 0 Å². The largest absolute Gasteiger partial charge is 0.318 e. The molecule has 0 aliphatic carbocycles. The Morgan fingerprint density at radius 1 is 1.23 bits per heavy atom. The lowest BCUT2D eigenvalue weighted by Gasteiger charge is -2.06. The fourth-order valence-electron chi connectivity index (χ4n) is 0.940. The van der Waals surface area contributed by atoms with Gasteiger partial charge in [0.15, 0.2) is 0 Å². The first-order chi connectivity index (χ1) is 6.26. The van der Waals surface area contributed by atoms with E-state index in [0.29, 0.717) is 0 Å². The predicted molar refractivity (Wildman–Crippen MR) is 59.9 cm³/mol. The third kappa shape index (κ3) is 5.39. The molecule has 0 aromatic heterocycles. The molecule has 0 aliphatic heterocycles. The van der Waals surface area contributed by atoms with E-state index >= 15 is 0 Å². The van der Waals surface area contributed by atoms with Crippen molar-refractivity contribution in [3.05, 3.63) is 36.5 Å². The van der Waals surface area contributed by atoms with Crippen molar-refractivity contribution in [2.45, 2.75) is 6.92 Å². The van der Waals surface area contributed by atoms with Gasteiger partial charge >= 0.3 is 0 Å². The maximum absolute atomic E-state index is 3.77. The zero-order chi connectivity index (χ0) is 10.1. The van der Waals surface area contributed by atoms with Gasteiger partial charge in [0.25, 0.3) is 0 Å². The summed E-state index contributed by atoms with van der Waals surface area (Å²) in [5.74, 6) is 0. The second-order valence-electron chi connectivity index (χ2n) is 2.90. The summed E-state index contributed by atoms with van der Waals surface area (Å²) in [7, 11) is 1.95. The predicted octanol–water partition coefficient (Wildman–Crippen LogP) is 1.48. The van der Waals surface area contributed by atoms with E-state index in [1.807, 2.05) is 26.1 Å². The minimum Gasteiger partial charge on any atom is -0.318 e. The van der Waals surface area contributed by atoms with Crippen LogP contribution in [0.4, 0.5) is 0 Å². The lowest BCUT2D eigenvalue weighted by Crippen LogP contribution is -2.26. The van der Waals surface area contributed by atoms with Crippen molar-refractivity contribution in [2.75, 3.05) is 26.7 Å². The number of likely N-dealkylation sites (N-methyl/N-ethyl adjacent to an activating group) is 1. The standard InChI is InChI=1S/C11H20N2/c1-5-10(3)11(6-2)9-13-8-7-12-4/h5-6,12-13H,1-2,7-9H2,3-4H3/b11-10+. The van der Waals surface area contributed by atoms with Crippen LogP contribution in [0.15, 0.2) is 36.5 Å². The van der Waals surface area contributed by atoms with Crippen LogP contribution in [0.25, 0.3) is 0 Å². The van der Waals surface area contributed by atoms with E-state index in [-0.39, 0.29) is 0 Å². The van der Waals surface area contributed by atoms with Crippen molar-refractivity contribution in [3.63, 3.8) is 0 Å². The first kappa shape index (κ1) is 12.1.